The fourth-order valence-corrected chi connectivity index (χ4v) is 1.29. The van der Waals surface area contributed by atoms with Gasteiger partial charge in [0.15, 0.2) is 0 Å². The number of amides is 1. The van der Waals surface area contributed by atoms with Crippen LogP contribution in [0.2, 0.25) is 0 Å². The summed E-state index contributed by atoms with van der Waals surface area (Å²) in [6.07, 6.45) is 2.94. The second-order valence-electron chi connectivity index (χ2n) is 3.55. The van der Waals surface area contributed by atoms with Crippen LogP contribution in [0.15, 0.2) is 36.7 Å². The van der Waals surface area contributed by atoms with Crippen molar-refractivity contribution < 1.29 is 9.90 Å². The molecule has 1 aromatic heterocycles. The molecule has 0 unspecified atom stereocenters. The summed E-state index contributed by atoms with van der Waals surface area (Å²) in [5.74, 6) is -0.263. The Hall–Kier alpha value is -2.43. The van der Waals surface area contributed by atoms with E-state index >= 15 is 0 Å². The molecule has 0 radical (unpaired) electrons. The van der Waals surface area contributed by atoms with Crippen molar-refractivity contribution in [3.63, 3.8) is 0 Å². The van der Waals surface area contributed by atoms with Gasteiger partial charge < -0.3 is 10.4 Å². The van der Waals surface area contributed by atoms with E-state index in [4.69, 9.17) is 0 Å². The minimum absolute atomic E-state index is 0.0952. The van der Waals surface area contributed by atoms with Crippen molar-refractivity contribution >= 4 is 11.6 Å². The van der Waals surface area contributed by atoms with Crippen LogP contribution in [-0.4, -0.2) is 21.0 Å². The first-order valence-corrected chi connectivity index (χ1v) is 5.04. The van der Waals surface area contributed by atoms with Crippen molar-refractivity contribution in [2.75, 3.05) is 5.32 Å². The lowest BCUT2D eigenvalue weighted by Crippen LogP contribution is -2.14. The van der Waals surface area contributed by atoms with Gasteiger partial charge >= 0.3 is 0 Å². The number of aromatic hydroxyl groups is 1. The Balaban J connectivity index is 2.14. The molecule has 0 aliphatic carbocycles. The third kappa shape index (κ3) is 2.78. The lowest BCUT2D eigenvalue weighted by atomic mass is 10.3. The van der Waals surface area contributed by atoms with Gasteiger partial charge in [-0.2, -0.15) is 0 Å². The van der Waals surface area contributed by atoms with Gasteiger partial charge in [0, 0.05) is 18.0 Å². The molecular weight excluding hydrogens is 218 g/mol. The normalized spacial score (nSPS) is 9.94. The van der Waals surface area contributed by atoms with Gasteiger partial charge in [-0.05, 0) is 19.1 Å². The molecule has 0 saturated heterocycles. The van der Waals surface area contributed by atoms with Crippen molar-refractivity contribution in [2.24, 2.45) is 0 Å². The number of carbonyl (C=O) groups excluding carboxylic acids is 1. The summed E-state index contributed by atoms with van der Waals surface area (Å²) in [6, 6.07) is 6.31. The van der Waals surface area contributed by atoms with Gasteiger partial charge in [-0.15, -0.1) is 0 Å². The maximum Gasteiger partial charge on any atom is 0.275 e. The highest BCUT2D eigenvalue weighted by atomic mass is 16.3. The number of hydrogen-bond donors (Lipinski definition) is 2. The van der Waals surface area contributed by atoms with E-state index in [2.05, 4.69) is 15.3 Å². The number of hydrogen-bond acceptors (Lipinski definition) is 4. The van der Waals surface area contributed by atoms with E-state index in [1.165, 1.54) is 24.5 Å². The minimum Gasteiger partial charge on any atom is -0.508 e. The lowest BCUT2D eigenvalue weighted by Gasteiger charge is -2.04. The molecule has 1 aromatic carbocycles. The van der Waals surface area contributed by atoms with E-state index < -0.39 is 0 Å². The summed E-state index contributed by atoms with van der Waals surface area (Å²) < 4.78 is 0. The van der Waals surface area contributed by atoms with Crippen molar-refractivity contribution in [1.82, 2.24) is 9.97 Å². The summed E-state index contributed by atoms with van der Waals surface area (Å²) in [4.78, 5) is 19.7. The standard InChI is InChI=1S/C12H11N3O2/c1-8-6-14-11(7-13-8)12(17)15-9-3-2-4-10(16)5-9/h2-7,16H,1H3,(H,15,17). The molecule has 2 N–H and O–H groups in total. The first-order chi connectivity index (χ1) is 8.15. The van der Waals surface area contributed by atoms with Crippen LogP contribution < -0.4 is 5.32 Å². The average Bonchev–Trinajstić information content (AvgIpc) is 2.29. The summed E-state index contributed by atoms with van der Waals surface area (Å²) in [6.45, 7) is 1.80. The molecule has 0 atom stereocenters. The Morgan fingerprint density at radius 2 is 2.12 bits per heavy atom. The Kier molecular flexibility index (Phi) is 3.00. The molecule has 2 aromatic rings. The van der Waals surface area contributed by atoms with Gasteiger partial charge in [0.25, 0.3) is 5.91 Å². The second-order valence-corrected chi connectivity index (χ2v) is 3.55. The first kappa shape index (κ1) is 11.1. The molecule has 5 nitrogen and oxygen atoms in total. The quantitative estimate of drug-likeness (QED) is 0.822. The monoisotopic (exact) mass is 229 g/mol. The molecule has 0 aliphatic rings. The SMILES string of the molecule is Cc1cnc(C(=O)Nc2cccc(O)c2)cn1. The summed E-state index contributed by atoms with van der Waals surface area (Å²) in [7, 11) is 0. The van der Waals surface area contributed by atoms with Gasteiger partial charge in [0.1, 0.15) is 11.4 Å². The maximum atomic E-state index is 11.7. The minimum atomic E-state index is -0.358. The van der Waals surface area contributed by atoms with Crippen molar-refractivity contribution in [3.05, 3.63) is 48.0 Å². The number of nitrogens with zero attached hydrogens (tertiary/aromatic N) is 2. The Morgan fingerprint density at radius 3 is 2.76 bits per heavy atom. The van der Waals surface area contributed by atoms with Crippen molar-refractivity contribution in [1.29, 1.82) is 0 Å². The highest BCUT2D eigenvalue weighted by Gasteiger charge is 2.07. The van der Waals surface area contributed by atoms with E-state index in [-0.39, 0.29) is 17.4 Å². The Labute approximate surface area is 98.2 Å². The molecule has 1 heterocycles. The van der Waals surface area contributed by atoms with E-state index in [1.54, 1.807) is 19.1 Å². The number of aromatic nitrogens is 2. The molecule has 17 heavy (non-hydrogen) atoms. The first-order valence-electron chi connectivity index (χ1n) is 5.04. The van der Waals surface area contributed by atoms with Gasteiger partial charge in [-0.3, -0.25) is 9.78 Å². The van der Waals surface area contributed by atoms with Crippen LogP contribution in [-0.2, 0) is 0 Å². The van der Waals surface area contributed by atoms with Crippen LogP contribution in [0.1, 0.15) is 16.2 Å². The zero-order chi connectivity index (χ0) is 12.3. The molecule has 0 fully saturated rings. The molecule has 86 valence electrons. The lowest BCUT2D eigenvalue weighted by molar-refractivity contribution is 0.102. The zero-order valence-corrected chi connectivity index (χ0v) is 9.21. The fraction of sp³-hybridized carbons (Fsp3) is 0.0833. The fourth-order valence-electron chi connectivity index (χ4n) is 1.29. The molecule has 0 aliphatic heterocycles. The van der Waals surface area contributed by atoms with Gasteiger partial charge in [-0.1, -0.05) is 6.07 Å². The highest BCUT2D eigenvalue weighted by Crippen LogP contribution is 2.15. The van der Waals surface area contributed by atoms with Crippen LogP contribution in [0.5, 0.6) is 5.75 Å². The largest absolute Gasteiger partial charge is 0.508 e. The average molecular weight is 229 g/mol. The van der Waals surface area contributed by atoms with Gasteiger partial charge in [-0.25, -0.2) is 4.98 Å². The van der Waals surface area contributed by atoms with Gasteiger partial charge in [0.2, 0.25) is 0 Å². The molecule has 5 heteroatoms. The Bertz CT molecular complexity index is 538. The number of benzene rings is 1. The van der Waals surface area contributed by atoms with E-state index in [9.17, 15) is 9.90 Å². The molecule has 0 saturated carbocycles. The zero-order valence-electron chi connectivity index (χ0n) is 9.21. The second kappa shape index (κ2) is 4.61. The number of aryl methyl sites for hydroxylation is 1. The number of phenolic OH excluding ortho intramolecular Hbond substituents is 1. The number of nitrogens with one attached hydrogen (secondary N) is 1. The summed E-state index contributed by atoms with van der Waals surface area (Å²) >= 11 is 0. The summed E-state index contributed by atoms with van der Waals surface area (Å²) in [5, 5.41) is 11.9. The van der Waals surface area contributed by atoms with Crippen LogP contribution >= 0.6 is 0 Å². The molecule has 1 amide bonds. The number of anilines is 1. The molecular formula is C12H11N3O2. The third-order valence-corrected chi connectivity index (χ3v) is 2.12. The van der Waals surface area contributed by atoms with Crippen LogP contribution in [0.3, 0.4) is 0 Å². The molecule has 0 bridgehead atoms. The topological polar surface area (TPSA) is 75.1 Å². The number of phenols is 1. The summed E-state index contributed by atoms with van der Waals surface area (Å²) in [5.41, 5.74) is 1.50. The third-order valence-electron chi connectivity index (χ3n) is 2.12. The molecule has 0 spiro atoms. The maximum absolute atomic E-state index is 11.7. The van der Waals surface area contributed by atoms with Crippen molar-refractivity contribution in [3.8, 4) is 5.75 Å². The smallest absolute Gasteiger partial charge is 0.275 e. The van der Waals surface area contributed by atoms with E-state index in [0.717, 1.165) is 5.69 Å². The predicted octanol–water partition coefficient (Wildman–Crippen LogP) is 1.74. The Morgan fingerprint density at radius 1 is 1.29 bits per heavy atom. The van der Waals surface area contributed by atoms with Crippen LogP contribution in [0.4, 0.5) is 5.69 Å². The highest BCUT2D eigenvalue weighted by molar-refractivity contribution is 6.02. The van der Waals surface area contributed by atoms with E-state index in [1.807, 2.05) is 0 Å². The van der Waals surface area contributed by atoms with Crippen LogP contribution in [0, 0.1) is 6.92 Å². The van der Waals surface area contributed by atoms with Crippen LogP contribution in [0.25, 0.3) is 0 Å². The number of rotatable bonds is 2. The number of carbonyl (C=O) groups is 1. The predicted molar refractivity (Wildman–Crippen MR) is 62.8 cm³/mol. The van der Waals surface area contributed by atoms with Gasteiger partial charge in [0.05, 0.1) is 11.9 Å². The van der Waals surface area contributed by atoms with Crippen molar-refractivity contribution in [2.45, 2.75) is 6.92 Å². The molecule has 2 rings (SSSR count). The van der Waals surface area contributed by atoms with E-state index in [0.29, 0.717) is 5.69 Å².